The zero-order valence-corrected chi connectivity index (χ0v) is 12.7. The normalized spacial score (nSPS) is 18.7. The molecule has 0 aromatic carbocycles. The van der Waals surface area contributed by atoms with Gasteiger partial charge in [0, 0.05) is 32.3 Å². The lowest BCUT2D eigenvalue weighted by molar-refractivity contribution is 0.0632. The van der Waals surface area contributed by atoms with Gasteiger partial charge in [0.25, 0.3) is 5.91 Å². The van der Waals surface area contributed by atoms with Crippen LogP contribution in [0.1, 0.15) is 33.0 Å². The summed E-state index contributed by atoms with van der Waals surface area (Å²) >= 11 is 1.47. The van der Waals surface area contributed by atoms with Gasteiger partial charge in [0.15, 0.2) is 5.78 Å². The first kappa shape index (κ1) is 14.0. The van der Waals surface area contributed by atoms with Crippen LogP contribution >= 0.6 is 11.3 Å². The average Bonchev–Trinajstić information content (AvgIpc) is 3.17. The number of likely N-dealkylation sites (tertiary alicyclic amines) is 1. The van der Waals surface area contributed by atoms with Crippen LogP contribution in [0.2, 0.25) is 0 Å². The number of carbonyl (C=O) groups is 2. The summed E-state index contributed by atoms with van der Waals surface area (Å²) in [5.41, 5.74) is 0.446. The van der Waals surface area contributed by atoms with Gasteiger partial charge in [0.05, 0.1) is 4.88 Å². The number of rotatable bonds is 3. The fraction of sp³-hybridized carbons (Fsp3) is 0.400. The van der Waals surface area contributed by atoms with E-state index in [2.05, 4.69) is 5.10 Å². The number of nitrogens with zero attached hydrogens (tertiary/aromatic N) is 3. The van der Waals surface area contributed by atoms with Gasteiger partial charge in [-0.1, -0.05) is 6.07 Å². The molecule has 3 rings (SSSR count). The van der Waals surface area contributed by atoms with Crippen molar-refractivity contribution in [1.82, 2.24) is 14.7 Å². The van der Waals surface area contributed by atoms with Crippen LogP contribution in [-0.4, -0.2) is 39.5 Å². The third-order valence-electron chi connectivity index (χ3n) is 3.78. The Hall–Kier alpha value is -1.95. The molecular formula is C15H17N3O2S. The predicted octanol–water partition coefficient (Wildman–Crippen LogP) is 2.22. The van der Waals surface area contributed by atoms with Gasteiger partial charge in [0.1, 0.15) is 5.69 Å². The van der Waals surface area contributed by atoms with Crippen LogP contribution in [0.5, 0.6) is 0 Å². The summed E-state index contributed by atoms with van der Waals surface area (Å²) in [5.74, 6) is -0.0205. The number of Topliss-reactive ketones (excluding diaryl/α,β-unsaturated/α-hetero) is 1. The monoisotopic (exact) mass is 303 g/mol. The molecule has 3 heterocycles. The van der Waals surface area contributed by atoms with Crippen molar-refractivity contribution >= 4 is 23.0 Å². The van der Waals surface area contributed by atoms with Crippen molar-refractivity contribution in [1.29, 1.82) is 0 Å². The largest absolute Gasteiger partial charge is 0.337 e. The summed E-state index contributed by atoms with van der Waals surface area (Å²) in [5, 5.41) is 6.06. The molecular weight excluding hydrogens is 286 g/mol. The average molecular weight is 303 g/mol. The van der Waals surface area contributed by atoms with Crippen LogP contribution in [0.4, 0.5) is 0 Å². The topological polar surface area (TPSA) is 55.2 Å². The Morgan fingerprint density at radius 3 is 2.90 bits per heavy atom. The van der Waals surface area contributed by atoms with Gasteiger partial charge in [-0.2, -0.15) is 5.10 Å². The number of amides is 1. The van der Waals surface area contributed by atoms with Gasteiger partial charge in [-0.15, -0.1) is 11.3 Å². The SMILES string of the molecule is Cn1ccc(C(=O)N2CCC[C@H](C(=O)c3cccs3)C2)n1. The Bertz CT molecular complexity index is 648. The number of aryl methyl sites for hydroxylation is 1. The van der Waals surface area contributed by atoms with E-state index in [0.29, 0.717) is 18.8 Å². The lowest BCUT2D eigenvalue weighted by Gasteiger charge is -2.31. The second-order valence-electron chi connectivity index (χ2n) is 5.31. The van der Waals surface area contributed by atoms with Crippen LogP contribution in [-0.2, 0) is 7.05 Å². The number of piperidine rings is 1. The lowest BCUT2D eigenvalue weighted by atomic mass is 9.93. The Balaban J connectivity index is 1.71. The van der Waals surface area contributed by atoms with Gasteiger partial charge < -0.3 is 4.90 Å². The van der Waals surface area contributed by atoms with E-state index in [4.69, 9.17) is 0 Å². The second kappa shape index (κ2) is 5.81. The Labute approximate surface area is 127 Å². The molecule has 0 aliphatic carbocycles. The highest BCUT2D eigenvalue weighted by Gasteiger charge is 2.30. The molecule has 1 aliphatic heterocycles. The first-order valence-electron chi connectivity index (χ1n) is 7.02. The maximum Gasteiger partial charge on any atom is 0.274 e. The minimum Gasteiger partial charge on any atom is -0.337 e. The lowest BCUT2D eigenvalue weighted by Crippen LogP contribution is -2.42. The first-order valence-corrected chi connectivity index (χ1v) is 7.90. The van der Waals surface area contributed by atoms with Crippen LogP contribution in [0, 0.1) is 5.92 Å². The van der Waals surface area contributed by atoms with Crippen LogP contribution in [0.25, 0.3) is 0 Å². The van der Waals surface area contributed by atoms with Crippen molar-refractivity contribution in [2.75, 3.05) is 13.1 Å². The zero-order valence-electron chi connectivity index (χ0n) is 11.9. The van der Waals surface area contributed by atoms with E-state index >= 15 is 0 Å². The van der Waals surface area contributed by atoms with Crippen molar-refractivity contribution in [3.63, 3.8) is 0 Å². The third kappa shape index (κ3) is 2.90. The molecule has 1 fully saturated rings. The second-order valence-corrected chi connectivity index (χ2v) is 6.25. The number of carbonyl (C=O) groups excluding carboxylic acids is 2. The van der Waals surface area contributed by atoms with Crippen LogP contribution in [0.15, 0.2) is 29.8 Å². The zero-order chi connectivity index (χ0) is 14.8. The van der Waals surface area contributed by atoms with E-state index < -0.39 is 0 Å². The van der Waals surface area contributed by atoms with E-state index in [1.807, 2.05) is 17.5 Å². The minimum absolute atomic E-state index is 0.0840. The molecule has 1 atom stereocenters. The molecule has 0 radical (unpaired) electrons. The highest BCUT2D eigenvalue weighted by molar-refractivity contribution is 7.12. The van der Waals surface area contributed by atoms with Gasteiger partial charge in [-0.25, -0.2) is 0 Å². The number of ketones is 1. The summed E-state index contributed by atoms with van der Waals surface area (Å²) in [6, 6.07) is 5.46. The molecule has 2 aromatic heterocycles. The Morgan fingerprint density at radius 2 is 2.24 bits per heavy atom. The molecule has 0 N–H and O–H groups in total. The number of aromatic nitrogens is 2. The van der Waals surface area contributed by atoms with E-state index in [1.54, 1.807) is 28.9 Å². The maximum absolute atomic E-state index is 12.4. The van der Waals surface area contributed by atoms with Crippen molar-refractivity contribution in [3.05, 3.63) is 40.3 Å². The van der Waals surface area contributed by atoms with Gasteiger partial charge >= 0.3 is 0 Å². The number of thiophene rings is 1. The quantitative estimate of drug-likeness (QED) is 0.817. The molecule has 6 heteroatoms. The van der Waals surface area contributed by atoms with E-state index in [1.165, 1.54) is 11.3 Å². The summed E-state index contributed by atoms with van der Waals surface area (Å²) in [6.07, 6.45) is 3.47. The third-order valence-corrected chi connectivity index (χ3v) is 4.66. The fourth-order valence-electron chi connectivity index (χ4n) is 2.69. The molecule has 21 heavy (non-hydrogen) atoms. The van der Waals surface area contributed by atoms with Crippen molar-refractivity contribution < 1.29 is 9.59 Å². The summed E-state index contributed by atoms with van der Waals surface area (Å²) in [7, 11) is 1.79. The maximum atomic E-state index is 12.4. The highest BCUT2D eigenvalue weighted by Crippen LogP contribution is 2.24. The standard InChI is InChI=1S/C15H17N3O2S/c1-17-8-6-12(16-17)15(20)18-7-2-4-11(10-18)14(19)13-5-3-9-21-13/h3,5-6,8-9,11H,2,4,7,10H2,1H3/t11-/m0/s1. The summed E-state index contributed by atoms with van der Waals surface area (Å²) in [6.45, 7) is 1.19. The van der Waals surface area contributed by atoms with Crippen molar-refractivity contribution in [2.45, 2.75) is 12.8 Å². The predicted molar refractivity (Wildman–Crippen MR) is 80.5 cm³/mol. The fourth-order valence-corrected chi connectivity index (χ4v) is 3.43. The first-order chi connectivity index (χ1) is 10.1. The Kier molecular flexibility index (Phi) is 3.88. The molecule has 1 saturated heterocycles. The highest BCUT2D eigenvalue weighted by atomic mass is 32.1. The molecule has 110 valence electrons. The Morgan fingerprint density at radius 1 is 1.38 bits per heavy atom. The van der Waals surface area contributed by atoms with Gasteiger partial charge in [-0.3, -0.25) is 14.3 Å². The van der Waals surface area contributed by atoms with Gasteiger partial charge in [-0.05, 0) is 30.4 Å². The van der Waals surface area contributed by atoms with Crippen molar-refractivity contribution in [3.8, 4) is 0 Å². The van der Waals surface area contributed by atoms with E-state index in [0.717, 1.165) is 17.7 Å². The van der Waals surface area contributed by atoms with Gasteiger partial charge in [0.2, 0.25) is 0 Å². The summed E-state index contributed by atoms with van der Waals surface area (Å²) in [4.78, 5) is 27.4. The molecule has 5 nitrogen and oxygen atoms in total. The van der Waals surface area contributed by atoms with E-state index in [9.17, 15) is 9.59 Å². The number of hydrogen-bond donors (Lipinski definition) is 0. The molecule has 1 aliphatic rings. The molecule has 0 spiro atoms. The van der Waals surface area contributed by atoms with Crippen molar-refractivity contribution in [2.24, 2.45) is 13.0 Å². The minimum atomic E-state index is -0.0925. The van der Waals surface area contributed by atoms with E-state index in [-0.39, 0.29) is 17.6 Å². The summed E-state index contributed by atoms with van der Waals surface area (Å²) < 4.78 is 1.62. The molecule has 1 amide bonds. The molecule has 2 aromatic rings. The smallest absolute Gasteiger partial charge is 0.274 e. The molecule has 0 bridgehead atoms. The van der Waals surface area contributed by atoms with Crippen LogP contribution in [0.3, 0.4) is 0 Å². The van der Waals surface area contributed by atoms with Crippen LogP contribution < -0.4 is 0 Å². The molecule has 0 unspecified atom stereocenters. The number of hydrogen-bond acceptors (Lipinski definition) is 4. The molecule has 0 saturated carbocycles.